The van der Waals surface area contributed by atoms with Crippen LogP contribution >= 0.6 is 0 Å². The van der Waals surface area contributed by atoms with Gasteiger partial charge >= 0.3 is 0 Å². The third-order valence-corrected chi connectivity index (χ3v) is 2.09. The molecule has 0 aromatic carbocycles. The Hall–Kier alpha value is -1.42. The van der Waals surface area contributed by atoms with Crippen LogP contribution in [0.5, 0.6) is 0 Å². The van der Waals surface area contributed by atoms with E-state index in [2.05, 4.69) is 9.97 Å². The van der Waals surface area contributed by atoms with E-state index in [-0.39, 0.29) is 0 Å². The molecule has 0 saturated carbocycles. The molecule has 13 heavy (non-hydrogen) atoms. The molecule has 4 nitrogen and oxygen atoms in total. The van der Waals surface area contributed by atoms with Gasteiger partial charge in [-0.25, -0.2) is 9.97 Å². The maximum Gasteiger partial charge on any atom is 0.161 e. The van der Waals surface area contributed by atoms with Crippen LogP contribution in [0.1, 0.15) is 17.1 Å². The van der Waals surface area contributed by atoms with Gasteiger partial charge in [0.05, 0.1) is 5.69 Å². The average Bonchev–Trinajstić information content (AvgIpc) is 2.47. The minimum absolute atomic E-state index is 0.437. The van der Waals surface area contributed by atoms with Crippen molar-refractivity contribution in [2.24, 2.45) is 5.73 Å². The number of nitrogens with zero attached hydrogens (tertiary/aromatic N) is 3. The summed E-state index contributed by atoms with van der Waals surface area (Å²) in [4.78, 5) is 8.58. The van der Waals surface area contributed by atoms with E-state index >= 15 is 0 Å². The number of aromatic nitrogens is 3. The molecule has 0 bridgehead atoms. The first-order chi connectivity index (χ1) is 6.22. The highest BCUT2D eigenvalue weighted by Crippen LogP contribution is 2.10. The summed E-state index contributed by atoms with van der Waals surface area (Å²) in [7, 11) is 0. The molecule has 2 N–H and O–H groups in total. The van der Waals surface area contributed by atoms with Crippen molar-refractivity contribution in [2.75, 3.05) is 0 Å². The molecule has 2 heterocycles. The van der Waals surface area contributed by atoms with E-state index in [0.29, 0.717) is 6.54 Å². The largest absolute Gasteiger partial charge is 0.325 e. The predicted octanol–water partition coefficient (Wildman–Crippen LogP) is 0.805. The second-order valence-corrected chi connectivity index (χ2v) is 3.13. The van der Waals surface area contributed by atoms with Crippen LogP contribution in [0.25, 0.3) is 5.65 Å². The molecule has 0 saturated heterocycles. The number of rotatable bonds is 1. The summed E-state index contributed by atoms with van der Waals surface area (Å²) >= 11 is 0. The predicted molar refractivity (Wildman–Crippen MR) is 50.4 cm³/mol. The Bertz CT molecular complexity index is 444. The average molecular weight is 176 g/mol. The molecule has 2 aromatic heterocycles. The smallest absolute Gasteiger partial charge is 0.161 e. The monoisotopic (exact) mass is 176 g/mol. The summed E-state index contributed by atoms with van der Waals surface area (Å²) in [5.74, 6) is 0. The zero-order chi connectivity index (χ0) is 9.42. The second kappa shape index (κ2) is 2.81. The highest BCUT2D eigenvalue weighted by atomic mass is 15.1. The van der Waals surface area contributed by atoms with Gasteiger partial charge in [-0.1, -0.05) is 0 Å². The van der Waals surface area contributed by atoms with Gasteiger partial charge in [-0.05, 0) is 19.9 Å². The number of fused-ring (bicyclic) bond motifs is 1. The number of aryl methyl sites for hydroxylation is 2. The molecule has 0 unspecified atom stereocenters. The minimum atomic E-state index is 0.437. The van der Waals surface area contributed by atoms with Gasteiger partial charge in [-0.15, -0.1) is 0 Å². The maximum atomic E-state index is 5.54. The van der Waals surface area contributed by atoms with Gasteiger partial charge in [0.15, 0.2) is 5.65 Å². The van der Waals surface area contributed by atoms with Crippen LogP contribution in [0, 0.1) is 13.8 Å². The van der Waals surface area contributed by atoms with Gasteiger partial charge in [0.2, 0.25) is 0 Å². The molecule has 0 spiro atoms. The quantitative estimate of drug-likeness (QED) is 0.699. The van der Waals surface area contributed by atoms with Crippen molar-refractivity contribution < 1.29 is 0 Å². The zero-order valence-electron chi connectivity index (χ0n) is 7.78. The third kappa shape index (κ3) is 1.19. The lowest BCUT2D eigenvalue weighted by atomic mass is 10.3. The van der Waals surface area contributed by atoms with Crippen molar-refractivity contribution in [3.63, 3.8) is 0 Å². The normalized spacial score (nSPS) is 11.0. The van der Waals surface area contributed by atoms with E-state index in [9.17, 15) is 0 Å². The standard InChI is InChI=1S/C9H12N4/c1-6-3-7(2)13-5-11-8(4-10)9(13)12-6/h3,5H,4,10H2,1-2H3. The molecular formula is C9H12N4. The molecule has 68 valence electrons. The summed E-state index contributed by atoms with van der Waals surface area (Å²) in [5.41, 5.74) is 9.41. The SMILES string of the molecule is Cc1cc(C)n2cnc(CN)c2n1. The number of hydrogen-bond acceptors (Lipinski definition) is 3. The Morgan fingerprint density at radius 3 is 2.92 bits per heavy atom. The molecule has 0 atom stereocenters. The number of nitrogens with two attached hydrogens (primary N) is 1. The van der Waals surface area contributed by atoms with E-state index in [1.807, 2.05) is 24.3 Å². The lowest BCUT2D eigenvalue weighted by Crippen LogP contribution is -2.00. The Morgan fingerprint density at radius 2 is 2.23 bits per heavy atom. The van der Waals surface area contributed by atoms with E-state index in [0.717, 1.165) is 22.7 Å². The zero-order valence-corrected chi connectivity index (χ0v) is 7.78. The minimum Gasteiger partial charge on any atom is -0.325 e. The summed E-state index contributed by atoms with van der Waals surface area (Å²) in [6.45, 7) is 4.44. The van der Waals surface area contributed by atoms with Crippen LogP contribution in [0.15, 0.2) is 12.4 Å². The molecule has 0 aliphatic rings. The van der Waals surface area contributed by atoms with Gasteiger partial charge < -0.3 is 5.73 Å². The van der Waals surface area contributed by atoms with Crippen molar-refractivity contribution in [1.29, 1.82) is 0 Å². The van der Waals surface area contributed by atoms with Crippen molar-refractivity contribution in [2.45, 2.75) is 20.4 Å². The van der Waals surface area contributed by atoms with E-state index in [1.165, 1.54) is 0 Å². The Balaban J connectivity index is 2.82. The highest BCUT2D eigenvalue weighted by molar-refractivity contribution is 5.45. The molecular weight excluding hydrogens is 164 g/mol. The topological polar surface area (TPSA) is 56.2 Å². The van der Waals surface area contributed by atoms with Gasteiger partial charge in [-0.3, -0.25) is 4.40 Å². The van der Waals surface area contributed by atoms with Crippen LogP contribution < -0.4 is 5.73 Å². The molecule has 4 heteroatoms. The molecule has 0 amide bonds. The molecule has 2 aromatic rings. The molecule has 0 radical (unpaired) electrons. The Kier molecular flexibility index (Phi) is 1.77. The molecule has 0 aliphatic heterocycles. The van der Waals surface area contributed by atoms with Crippen LogP contribution in [-0.4, -0.2) is 14.4 Å². The van der Waals surface area contributed by atoms with Crippen molar-refractivity contribution >= 4 is 5.65 Å². The Labute approximate surface area is 76.4 Å². The second-order valence-electron chi connectivity index (χ2n) is 3.13. The van der Waals surface area contributed by atoms with E-state index in [1.54, 1.807) is 6.33 Å². The number of hydrogen-bond donors (Lipinski definition) is 1. The van der Waals surface area contributed by atoms with Crippen LogP contribution in [0.4, 0.5) is 0 Å². The van der Waals surface area contributed by atoms with E-state index < -0.39 is 0 Å². The summed E-state index contributed by atoms with van der Waals surface area (Å²) in [5, 5.41) is 0. The molecule has 0 fully saturated rings. The molecule has 2 rings (SSSR count). The fraction of sp³-hybridized carbons (Fsp3) is 0.333. The summed E-state index contributed by atoms with van der Waals surface area (Å²) in [6.07, 6.45) is 1.76. The van der Waals surface area contributed by atoms with Crippen LogP contribution in [0.3, 0.4) is 0 Å². The lowest BCUT2D eigenvalue weighted by Gasteiger charge is -2.01. The van der Waals surface area contributed by atoms with Crippen molar-refractivity contribution in [3.8, 4) is 0 Å². The highest BCUT2D eigenvalue weighted by Gasteiger charge is 2.05. The van der Waals surface area contributed by atoms with Gasteiger partial charge in [0.25, 0.3) is 0 Å². The van der Waals surface area contributed by atoms with E-state index in [4.69, 9.17) is 5.73 Å². The van der Waals surface area contributed by atoms with Crippen molar-refractivity contribution in [1.82, 2.24) is 14.4 Å². The number of imidazole rings is 1. The van der Waals surface area contributed by atoms with Crippen LogP contribution in [-0.2, 0) is 6.54 Å². The van der Waals surface area contributed by atoms with Crippen molar-refractivity contribution in [3.05, 3.63) is 29.5 Å². The third-order valence-electron chi connectivity index (χ3n) is 2.09. The van der Waals surface area contributed by atoms with Crippen LogP contribution in [0.2, 0.25) is 0 Å². The van der Waals surface area contributed by atoms with Gasteiger partial charge in [0, 0.05) is 17.9 Å². The van der Waals surface area contributed by atoms with Gasteiger partial charge in [-0.2, -0.15) is 0 Å². The van der Waals surface area contributed by atoms with Gasteiger partial charge in [0.1, 0.15) is 6.33 Å². The summed E-state index contributed by atoms with van der Waals surface area (Å²) < 4.78 is 1.95. The fourth-order valence-electron chi connectivity index (χ4n) is 1.47. The Morgan fingerprint density at radius 1 is 1.46 bits per heavy atom. The fourth-order valence-corrected chi connectivity index (χ4v) is 1.47. The molecule has 0 aliphatic carbocycles. The maximum absolute atomic E-state index is 5.54. The first-order valence-corrected chi connectivity index (χ1v) is 4.22. The summed E-state index contributed by atoms with van der Waals surface area (Å²) in [6, 6.07) is 2.02. The first kappa shape index (κ1) is 8.19. The first-order valence-electron chi connectivity index (χ1n) is 4.22. The lowest BCUT2D eigenvalue weighted by molar-refractivity contribution is 1.00.